The molecule has 0 fully saturated rings. The van der Waals surface area contributed by atoms with E-state index in [1.807, 2.05) is 6.07 Å². The Bertz CT molecular complexity index is 554. The highest BCUT2D eigenvalue weighted by Crippen LogP contribution is 2.36. The van der Waals surface area contributed by atoms with Crippen LogP contribution in [-0.4, -0.2) is 6.54 Å². The molecule has 92 valence electrons. The molecular weight excluding hydrogens is 288 g/mol. The van der Waals surface area contributed by atoms with E-state index in [2.05, 4.69) is 63.3 Å². The van der Waals surface area contributed by atoms with Crippen molar-refractivity contribution in [2.24, 2.45) is 5.73 Å². The molecule has 2 N–H and O–H groups in total. The molecule has 0 bridgehead atoms. The molecule has 0 spiro atoms. The van der Waals surface area contributed by atoms with Crippen molar-refractivity contribution < 1.29 is 0 Å². The van der Waals surface area contributed by atoms with Crippen molar-refractivity contribution in [3.8, 4) is 0 Å². The molecule has 0 saturated carbocycles. The SMILES string of the molecule is NC1CN(Cc2ccccc2)c2ccc(Br)cc21. The quantitative estimate of drug-likeness (QED) is 0.920. The fourth-order valence-electron chi connectivity index (χ4n) is 2.50. The van der Waals surface area contributed by atoms with Crippen LogP contribution in [0.4, 0.5) is 5.69 Å². The highest BCUT2D eigenvalue weighted by molar-refractivity contribution is 9.10. The first-order chi connectivity index (χ1) is 8.74. The number of rotatable bonds is 2. The summed E-state index contributed by atoms with van der Waals surface area (Å²) in [6, 6.07) is 17.0. The number of nitrogens with zero attached hydrogens (tertiary/aromatic N) is 1. The molecule has 1 aliphatic heterocycles. The average molecular weight is 303 g/mol. The Morgan fingerprint density at radius 3 is 2.72 bits per heavy atom. The molecule has 2 aromatic rings. The van der Waals surface area contributed by atoms with Crippen LogP contribution in [0.15, 0.2) is 53.0 Å². The maximum absolute atomic E-state index is 6.20. The van der Waals surface area contributed by atoms with E-state index in [0.29, 0.717) is 0 Å². The minimum absolute atomic E-state index is 0.112. The summed E-state index contributed by atoms with van der Waals surface area (Å²) in [5.74, 6) is 0. The minimum Gasteiger partial charge on any atom is -0.365 e. The summed E-state index contributed by atoms with van der Waals surface area (Å²) in [7, 11) is 0. The third kappa shape index (κ3) is 2.16. The molecule has 2 aromatic carbocycles. The number of nitrogens with two attached hydrogens (primary N) is 1. The second kappa shape index (κ2) is 4.75. The molecule has 1 unspecified atom stereocenters. The molecule has 3 heteroatoms. The molecule has 1 aliphatic rings. The number of halogens is 1. The number of benzene rings is 2. The molecule has 2 nitrogen and oxygen atoms in total. The lowest BCUT2D eigenvalue weighted by atomic mass is 10.1. The zero-order valence-corrected chi connectivity index (χ0v) is 11.6. The predicted octanol–water partition coefficient (Wildman–Crippen LogP) is 3.47. The van der Waals surface area contributed by atoms with Crippen molar-refractivity contribution in [1.82, 2.24) is 0 Å². The van der Waals surface area contributed by atoms with Gasteiger partial charge in [0, 0.05) is 29.3 Å². The fraction of sp³-hybridized carbons (Fsp3) is 0.200. The van der Waals surface area contributed by atoms with Gasteiger partial charge in [0.2, 0.25) is 0 Å². The van der Waals surface area contributed by atoms with Gasteiger partial charge < -0.3 is 10.6 Å². The molecule has 1 heterocycles. The smallest absolute Gasteiger partial charge is 0.0494 e. The Morgan fingerprint density at radius 2 is 1.94 bits per heavy atom. The van der Waals surface area contributed by atoms with E-state index in [1.165, 1.54) is 16.8 Å². The first-order valence-electron chi connectivity index (χ1n) is 6.08. The Labute approximate surface area is 116 Å². The normalized spacial score (nSPS) is 17.9. The van der Waals surface area contributed by atoms with Crippen molar-refractivity contribution in [1.29, 1.82) is 0 Å². The van der Waals surface area contributed by atoms with Gasteiger partial charge in [0.15, 0.2) is 0 Å². The largest absolute Gasteiger partial charge is 0.365 e. The van der Waals surface area contributed by atoms with Crippen LogP contribution in [0.5, 0.6) is 0 Å². The van der Waals surface area contributed by atoms with Gasteiger partial charge in [0.05, 0.1) is 0 Å². The van der Waals surface area contributed by atoms with E-state index >= 15 is 0 Å². The lowest BCUT2D eigenvalue weighted by molar-refractivity contribution is 0.720. The van der Waals surface area contributed by atoms with E-state index in [4.69, 9.17) is 5.73 Å². The third-order valence-electron chi connectivity index (χ3n) is 3.36. The van der Waals surface area contributed by atoms with Gasteiger partial charge in [-0.2, -0.15) is 0 Å². The van der Waals surface area contributed by atoms with Gasteiger partial charge in [-0.05, 0) is 29.3 Å². The highest BCUT2D eigenvalue weighted by Gasteiger charge is 2.25. The predicted molar refractivity (Wildman–Crippen MR) is 78.6 cm³/mol. The first kappa shape index (κ1) is 11.8. The van der Waals surface area contributed by atoms with E-state index in [9.17, 15) is 0 Å². The van der Waals surface area contributed by atoms with Crippen LogP contribution in [0.1, 0.15) is 17.2 Å². The zero-order valence-electron chi connectivity index (χ0n) is 10.0. The molecule has 0 radical (unpaired) electrons. The van der Waals surface area contributed by atoms with Gasteiger partial charge in [0.1, 0.15) is 0 Å². The average Bonchev–Trinajstić information content (AvgIpc) is 2.67. The van der Waals surface area contributed by atoms with Crippen molar-refractivity contribution >= 4 is 21.6 Å². The van der Waals surface area contributed by atoms with Crippen LogP contribution in [0.2, 0.25) is 0 Å². The third-order valence-corrected chi connectivity index (χ3v) is 3.86. The summed E-state index contributed by atoms with van der Waals surface area (Å²) in [6.07, 6.45) is 0. The van der Waals surface area contributed by atoms with Crippen molar-refractivity contribution in [3.63, 3.8) is 0 Å². The van der Waals surface area contributed by atoms with E-state index < -0.39 is 0 Å². The molecule has 1 atom stereocenters. The second-order valence-electron chi connectivity index (χ2n) is 4.68. The summed E-state index contributed by atoms with van der Waals surface area (Å²) in [6.45, 7) is 1.81. The van der Waals surface area contributed by atoms with Crippen molar-refractivity contribution in [2.75, 3.05) is 11.4 Å². The lowest BCUT2D eigenvalue weighted by Crippen LogP contribution is -2.23. The standard InChI is InChI=1S/C15H15BrN2/c16-12-6-7-15-13(8-12)14(17)10-18(15)9-11-4-2-1-3-5-11/h1-8,14H,9-10,17H2. The van der Waals surface area contributed by atoms with Gasteiger partial charge in [-0.1, -0.05) is 46.3 Å². The molecule has 0 amide bonds. The first-order valence-corrected chi connectivity index (χ1v) is 6.87. The van der Waals surface area contributed by atoms with Crippen molar-refractivity contribution in [2.45, 2.75) is 12.6 Å². The Balaban J connectivity index is 1.89. The molecule has 3 rings (SSSR count). The van der Waals surface area contributed by atoms with Crippen LogP contribution in [0.25, 0.3) is 0 Å². The van der Waals surface area contributed by atoms with E-state index in [1.54, 1.807) is 0 Å². The van der Waals surface area contributed by atoms with Gasteiger partial charge in [-0.15, -0.1) is 0 Å². The molecule has 0 aliphatic carbocycles. The van der Waals surface area contributed by atoms with Gasteiger partial charge >= 0.3 is 0 Å². The molecule has 0 aromatic heterocycles. The van der Waals surface area contributed by atoms with Crippen LogP contribution >= 0.6 is 15.9 Å². The Kier molecular flexibility index (Phi) is 3.10. The van der Waals surface area contributed by atoms with E-state index in [0.717, 1.165) is 17.6 Å². The monoisotopic (exact) mass is 302 g/mol. The summed E-state index contributed by atoms with van der Waals surface area (Å²) in [5.41, 5.74) is 10.0. The number of anilines is 1. The lowest BCUT2D eigenvalue weighted by Gasteiger charge is -2.19. The van der Waals surface area contributed by atoms with Crippen LogP contribution in [0, 0.1) is 0 Å². The summed E-state index contributed by atoms with van der Waals surface area (Å²) in [5, 5.41) is 0. The molecule has 0 saturated heterocycles. The van der Waals surface area contributed by atoms with Gasteiger partial charge in [0.25, 0.3) is 0 Å². The van der Waals surface area contributed by atoms with Crippen LogP contribution in [0.3, 0.4) is 0 Å². The topological polar surface area (TPSA) is 29.3 Å². The minimum atomic E-state index is 0.112. The van der Waals surface area contributed by atoms with E-state index in [-0.39, 0.29) is 6.04 Å². The molecular formula is C15H15BrN2. The van der Waals surface area contributed by atoms with Gasteiger partial charge in [-0.25, -0.2) is 0 Å². The fourth-order valence-corrected chi connectivity index (χ4v) is 2.88. The summed E-state index contributed by atoms with van der Waals surface area (Å²) < 4.78 is 1.10. The molecule has 18 heavy (non-hydrogen) atoms. The van der Waals surface area contributed by atoms with Gasteiger partial charge in [-0.3, -0.25) is 0 Å². The second-order valence-corrected chi connectivity index (χ2v) is 5.59. The Morgan fingerprint density at radius 1 is 1.17 bits per heavy atom. The van der Waals surface area contributed by atoms with Crippen LogP contribution < -0.4 is 10.6 Å². The maximum atomic E-state index is 6.20. The van der Waals surface area contributed by atoms with Crippen LogP contribution in [-0.2, 0) is 6.54 Å². The summed E-state index contributed by atoms with van der Waals surface area (Å²) >= 11 is 3.51. The Hall–Kier alpha value is -1.32. The number of fused-ring (bicyclic) bond motifs is 1. The summed E-state index contributed by atoms with van der Waals surface area (Å²) in [4.78, 5) is 2.35. The number of hydrogen-bond donors (Lipinski definition) is 1. The zero-order chi connectivity index (χ0) is 12.5. The maximum Gasteiger partial charge on any atom is 0.0494 e. The highest BCUT2D eigenvalue weighted by atomic mass is 79.9. The van der Waals surface area contributed by atoms with Crippen molar-refractivity contribution in [3.05, 3.63) is 64.1 Å². The number of hydrogen-bond acceptors (Lipinski definition) is 2.